The fourth-order valence-electron chi connectivity index (χ4n) is 2.30. The van der Waals surface area contributed by atoms with Gasteiger partial charge in [-0.25, -0.2) is 0 Å². The van der Waals surface area contributed by atoms with Gasteiger partial charge in [-0.15, -0.1) is 0 Å². The van der Waals surface area contributed by atoms with E-state index in [0.29, 0.717) is 6.61 Å². The van der Waals surface area contributed by atoms with Gasteiger partial charge >= 0.3 is 0 Å². The van der Waals surface area contributed by atoms with Crippen molar-refractivity contribution in [1.82, 2.24) is 4.90 Å². The van der Waals surface area contributed by atoms with Crippen molar-refractivity contribution < 1.29 is 9.84 Å². The number of benzene rings is 2. The van der Waals surface area contributed by atoms with Crippen LogP contribution in [0.1, 0.15) is 25.0 Å². The number of aliphatic hydroxyl groups excluding tert-OH is 1. The summed E-state index contributed by atoms with van der Waals surface area (Å²) in [6, 6.07) is 12.1. The van der Waals surface area contributed by atoms with Crippen molar-refractivity contribution in [2.24, 2.45) is 0 Å². The third-order valence-electron chi connectivity index (χ3n) is 3.36. The van der Waals surface area contributed by atoms with Crippen molar-refractivity contribution >= 4 is 10.8 Å². The highest BCUT2D eigenvalue weighted by atomic mass is 16.5. The van der Waals surface area contributed by atoms with E-state index in [0.717, 1.165) is 35.1 Å². The van der Waals surface area contributed by atoms with Crippen LogP contribution in [0.4, 0.5) is 0 Å². The smallest absolute Gasteiger partial charge is 0.132 e. The predicted octanol–water partition coefficient (Wildman–Crippen LogP) is 3.22. The van der Waals surface area contributed by atoms with Crippen molar-refractivity contribution in [3.8, 4) is 5.75 Å². The molecule has 1 atom stereocenters. The zero-order chi connectivity index (χ0) is 14.5. The van der Waals surface area contributed by atoms with Crippen LogP contribution in [0.15, 0.2) is 36.4 Å². The molecule has 2 aromatic carbocycles. The van der Waals surface area contributed by atoms with Gasteiger partial charge in [0, 0.05) is 17.5 Å². The quantitative estimate of drug-likeness (QED) is 0.820. The molecule has 0 radical (unpaired) electrons. The Kier molecular flexibility index (Phi) is 4.99. The Morgan fingerprint density at radius 2 is 1.90 bits per heavy atom. The Hall–Kier alpha value is -1.58. The highest BCUT2D eigenvalue weighted by molar-refractivity contribution is 5.89. The molecular formula is C17H23NO2. The number of fused-ring (bicyclic) bond motifs is 1. The highest BCUT2D eigenvalue weighted by Gasteiger charge is 2.12. The molecule has 3 heteroatoms. The second-order valence-electron chi connectivity index (χ2n) is 5.39. The summed E-state index contributed by atoms with van der Waals surface area (Å²) in [4.78, 5) is 2.14. The Morgan fingerprint density at radius 3 is 2.60 bits per heavy atom. The first kappa shape index (κ1) is 14.8. The number of hydrogen-bond acceptors (Lipinski definition) is 3. The molecule has 0 fully saturated rings. The van der Waals surface area contributed by atoms with Gasteiger partial charge in [0.2, 0.25) is 0 Å². The number of rotatable bonds is 6. The van der Waals surface area contributed by atoms with Gasteiger partial charge in [0.25, 0.3) is 0 Å². The summed E-state index contributed by atoms with van der Waals surface area (Å²) < 4.78 is 5.98. The van der Waals surface area contributed by atoms with Crippen LogP contribution in [0.3, 0.4) is 0 Å². The van der Waals surface area contributed by atoms with Crippen molar-refractivity contribution in [3.63, 3.8) is 0 Å². The molecule has 0 aliphatic heterocycles. The molecule has 1 N–H and O–H groups in total. The van der Waals surface area contributed by atoms with Gasteiger partial charge in [-0.05, 0) is 32.8 Å². The average Bonchev–Trinajstić information content (AvgIpc) is 2.42. The highest BCUT2D eigenvalue weighted by Crippen LogP contribution is 2.33. The Morgan fingerprint density at radius 1 is 1.15 bits per heavy atom. The maximum Gasteiger partial charge on any atom is 0.132 e. The van der Waals surface area contributed by atoms with Crippen molar-refractivity contribution in [2.75, 3.05) is 27.2 Å². The molecule has 108 valence electrons. The Balaban J connectivity index is 2.25. The van der Waals surface area contributed by atoms with Crippen LogP contribution >= 0.6 is 0 Å². The van der Waals surface area contributed by atoms with Crippen LogP contribution in [-0.4, -0.2) is 37.3 Å². The van der Waals surface area contributed by atoms with Gasteiger partial charge in [-0.1, -0.05) is 36.4 Å². The van der Waals surface area contributed by atoms with E-state index in [2.05, 4.69) is 25.1 Å². The summed E-state index contributed by atoms with van der Waals surface area (Å²) >= 11 is 0. The van der Waals surface area contributed by atoms with Gasteiger partial charge < -0.3 is 14.7 Å². The van der Waals surface area contributed by atoms with Crippen molar-refractivity contribution in [3.05, 3.63) is 42.0 Å². The normalized spacial score (nSPS) is 12.8. The summed E-state index contributed by atoms with van der Waals surface area (Å²) in [7, 11) is 4.11. The molecule has 0 aliphatic rings. The maximum atomic E-state index is 9.92. The molecule has 20 heavy (non-hydrogen) atoms. The summed E-state index contributed by atoms with van der Waals surface area (Å²) in [5.74, 6) is 0.817. The molecule has 0 saturated heterocycles. The third kappa shape index (κ3) is 3.50. The Labute approximate surface area is 120 Å². The lowest BCUT2D eigenvalue weighted by molar-refractivity contribution is 0.190. The van der Waals surface area contributed by atoms with E-state index in [1.54, 1.807) is 6.92 Å². The molecule has 0 aromatic heterocycles. The van der Waals surface area contributed by atoms with E-state index in [4.69, 9.17) is 4.74 Å². The molecule has 2 aromatic rings. The summed E-state index contributed by atoms with van der Waals surface area (Å²) in [5.41, 5.74) is 0.855. The van der Waals surface area contributed by atoms with Crippen LogP contribution < -0.4 is 4.74 Å². The van der Waals surface area contributed by atoms with Gasteiger partial charge in [-0.3, -0.25) is 0 Å². The van der Waals surface area contributed by atoms with E-state index in [-0.39, 0.29) is 0 Å². The second kappa shape index (κ2) is 6.73. The molecule has 2 rings (SSSR count). The Bertz CT molecular complexity index is 564. The first-order valence-electron chi connectivity index (χ1n) is 7.07. The fraction of sp³-hybridized carbons (Fsp3) is 0.412. The molecule has 0 saturated carbocycles. The SMILES string of the molecule is CC(O)c1ccc2ccccc2c1OCCCN(C)C. The monoisotopic (exact) mass is 273 g/mol. The lowest BCUT2D eigenvalue weighted by atomic mass is 10.0. The molecule has 0 heterocycles. The molecule has 0 amide bonds. The van der Waals surface area contributed by atoms with E-state index < -0.39 is 6.10 Å². The lowest BCUT2D eigenvalue weighted by Gasteiger charge is -2.17. The minimum atomic E-state index is -0.525. The minimum Gasteiger partial charge on any atom is -0.493 e. The zero-order valence-electron chi connectivity index (χ0n) is 12.5. The van der Waals surface area contributed by atoms with Crippen LogP contribution in [-0.2, 0) is 0 Å². The van der Waals surface area contributed by atoms with Gasteiger partial charge in [-0.2, -0.15) is 0 Å². The van der Waals surface area contributed by atoms with Gasteiger partial charge in [0.1, 0.15) is 5.75 Å². The summed E-state index contributed by atoms with van der Waals surface area (Å²) in [6.07, 6.45) is 0.443. The number of nitrogens with zero attached hydrogens (tertiary/aromatic N) is 1. The van der Waals surface area contributed by atoms with Crippen LogP contribution in [0, 0.1) is 0 Å². The summed E-state index contributed by atoms with van der Waals surface area (Å²) in [5, 5.41) is 12.1. The number of hydrogen-bond donors (Lipinski definition) is 1. The standard InChI is InChI=1S/C17H23NO2/c1-13(19)15-10-9-14-7-4-5-8-16(14)17(15)20-12-6-11-18(2)3/h4-5,7-10,13,19H,6,11-12H2,1-3H3. The van der Waals surface area contributed by atoms with Crippen LogP contribution in [0.25, 0.3) is 10.8 Å². The first-order chi connectivity index (χ1) is 9.59. The fourth-order valence-corrected chi connectivity index (χ4v) is 2.30. The van der Waals surface area contributed by atoms with E-state index in [1.807, 2.05) is 30.3 Å². The average molecular weight is 273 g/mol. The van der Waals surface area contributed by atoms with Gasteiger partial charge in [0.15, 0.2) is 0 Å². The third-order valence-corrected chi connectivity index (χ3v) is 3.36. The first-order valence-corrected chi connectivity index (χ1v) is 7.07. The van der Waals surface area contributed by atoms with Crippen molar-refractivity contribution in [2.45, 2.75) is 19.4 Å². The molecule has 0 bridgehead atoms. The molecule has 0 aliphatic carbocycles. The number of aliphatic hydroxyl groups is 1. The molecule has 0 spiro atoms. The second-order valence-corrected chi connectivity index (χ2v) is 5.39. The lowest BCUT2D eigenvalue weighted by Crippen LogP contribution is -2.16. The van der Waals surface area contributed by atoms with E-state index >= 15 is 0 Å². The minimum absolute atomic E-state index is 0.525. The van der Waals surface area contributed by atoms with Crippen molar-refractivity contribution in [1.29, 1.82) is 0 Å². The van der Waals surface area contributed by atoms with Crippen LogP contribution in [0.2, 0.25) is 0 Å². The molecule has 1 unspecified atom stereocenters. The molecule has 3 nitrogen and oxygen atoms in total. The predicted molar refractivity (Wildman–Crippen MR) is 83.2 cm³/mol. The number of ether oxygens (including phenoxy) is 1. The van der Waals surface area contributed by atoms with Crippen LogP contribution in [0.5, 0.6) is 5.75 Å². The molecular weight excluding hydrogens is 250 g/mol. The zero-order valence-corrected chi connectivity index (χ0v) is 12.5. The van der Waals surface area contributed by atoms with E-state index in [1.165, 1.54) is 0 Å². The summed E-state index contributed by atoms with van der Waals surface area (Å²) in [6.45, 7) is 3.43. The topological polar surface area (TPSA) is 32.7 Å². The largest absolute Gasteiger partial charge is 0.493 e. The van der Waals surface area contributed by atoms with E-state index in [9.17, 15) is 5.11 Å². The maximum absolute atomic E-state index is 9.92. The van der Waals surface area contributed by atoms with Gasteiger partial charge in [0.05, 0.1) is 12.7 Å².